The summed E-state index contributed by atoms with van der Waals surface area (Å²) in [5, 5.41) is 0. The molecule has 2 aromatic rings. The lowest BCUT2D eigenvalue weighted by Crippen LogP contribution is -1.88. The summed E-state index contributed by atoms with van der Waals surface area (Å²) in [6.07, 6.45) is 3.17. The second-order valence-electron chi connectivity index (χ2n) is 5.51. The third-order valence-corrected chi connectivity index (χ3v) is 3.56. The first kappa shape index (κ1) is 14.3. The molecular formula is C20H22. The summed E-state index contributed by atoms with van der Waals surface area (Å²) in [5.74, 6) is 0. The Balaban J connectivity index is 2.10. The average molecular weight is 262 g/mol. The van der Waals surface area contributed by atoms with Gasteiger partial charge in [0.15, 0.2) is 0 Å². The average Bonchev–Trinajstić information content (AvgIpc) is 2.43. The quantitative estimate of drug-likeness (QED) is 0.632. The van der Waals surface area contributed by atoms with Crippen molar-refractivity contribution in [3.63, 3.8) is 0 Å². The molecule has 2 aromatic carbocycles. The highest BCUT2D eigenvalue weighted by Gasteiger charge is 1.97. The van der Waals surface area contributed by atoms with E-state index in [4.69, 9.17) is 0 Å². The minimum atomic E-state index is 0.990. The van der Waals surface area contributed by atoms with Gasteiger partial charge in [0.2, 0.25) is 0 Å². The number of rotatable bonds is 4. The van der Waals surface area contributed by atoms with Gasteiger partial charge >= 0.3 is 0 Å². The molecule has 0 saturated carbocycles. The Kier molecular flexibility index (Phi) is 4.57. The zero-order valence-electron chi connectivity index (χ0n) is 12.6. The fraction of sp³-hybridized carbons (Fsp3) is 0.200. The van der Waals surface area contributed by atoms with E-state index in [2.05, 4.69) is 75.0 Å². The SMILES string of the molecule is C=C(C)/C(C)=C/c1ccc(Cc2ccc(C)cc2)cc1. The molecule has 102 valence electrons. The van der Waals surface area contributed by atoms with Gasteiger partial charge in [0, 0.05) is 0 Å². The van der Waals surface area contributed by atoms with E-state index in [1.807, 2.05) is 6.92 Å². The standard InChI is InChI=1S/C20H22/c1-15(2)17(4)13-18-9-11-20(12-10-18)14-19-7-5-16(3)6-8-19/h5-13H,1,14H2,2-4H3/b17-13+. The molecule has 0 radical (unpaired) electrons. The number of benzene rings is 2. The lowest BCUT2D eigenvalue weighted by atomic mass is 10.0. The molecule has 0 unspecified atom stereocenters. The van der Waals surface area contributed by atoms with Crippen molar-refractivity contribution in [3.8, 4) is 0 Å². The predicted molar refractivity (Wildman–Crippen MR) is 88.9 cm³/mol. The van der Waals surface area contributed by atoms with Crippen LogP contribution in [0.15, 0.2) is 66.3 Å². The lowest BCUT2D eigenvalue weighted by molar-refractivity contribution is 1.18. The Morgan fingerprint density at radius 2 is 1.40 bits per heavy atom. The second kappa shape index (κ2) is 6.38. The maximum Gasteiger partial charge on any atom is -0.00258 e. The van der Waals surface area contributed by atoms with Gasteiger partial charge in [-0.05, 0) is 49.5 Å². The smallest absolute Gasteiger partial charge is 0.00258 e. The van der Waals surface area contributed by atoms with E-state index in [1.54, 1.807) is 0 Å². The maximum atomic E-state index is 3.96. The molecule has 0 aliphatic carbocycles. The minimum absolute atomic E-state index is 0.990. The molecule has 0 spiro atoms. The van der Waals surface area contributed by atoms with E-state index < -0.39 is 0 Å². The molecule has 0 N–H and O–H groups in total. The van der Waals surface area contributed by atoms with Crippen molar-refractivity contribution in [2.24, 2.45) is 0 Å². The first-order chi connectivity index (χ1) is 9.54. The maximum absolute atomic E-state index is 3.96. The van der Waals surface area contributed by atoms with Crippen LogP contribution < -0.4 is 0 Å². The van der Waals surface area contributed by atoms with Gasteiger partial charge in [-0.15, -0.1) is 0 Å². The van der Waals surface area contributed by atoms with E-state index in [0.29, 0.717) is 0 Å². The molecule has 0 aromatic heterocycles. The van der Waals surface area contributed by atoms with Crippen LogP contribution in [0.1, 0.15) is 36.1 Å². The Morgan fingerprint density at radius 3 is 1.90 bits per heavy atom. The largest absolute Gasteiger partial charge is 0.0958 e. The highest BCUT2D eigenvalue weighted by atomic mass is 14.0. The zero-order chi connectivity index (χ0) is 14.5. The van der Waals surface area contributed by atoms with Crippen molar-refractivity contribution >= 4 is 6.08 Å². The summed E-state index contributed by atoms with van der Waals surface area (Å²) in [6, 6.07) is 17.5. The van der Waals surface area contributed by atoms with Gasteiger partial charge in [0.25, 0.3) is 0 Å². The summed E-state index contributed by atoms with van der Waals surface area (Å²) in [6.45, 7) is 10.2. The van der Waals surface area contributed by atoms with Crippen LogP contribution in [0.2, 0.25) is 0 Å². The number of allylic oxidation sites excluding steroid dienone is 2. The van der Waals surface area contributed by atoms with Crippen molar-refractivity contribution in [1.29, 1.82) is 0 Å². The van der Waals surface area contributed by atoms with E-state index in [1.165, 1.54) is 27.8 Å². The first-order valence-electron chi connectivity index (χ1n) is 7.03. The number of hydrogen-bond donors (Lipinski definition) is 0. The summed E-state index contributed by atoms with van der Waals surface area (Å²) in [4.78, 5) is 0. The Hall–Kier alpha value is -2.08. The second-order valence-corrected chi connectivity index (χ2v) is 5.51. The lowest BCUT2D eigenvalue weighted by Gasteiger charge is -2.04. The van der Waals surface area contributed by atoms with E-state index in [-0.39, 0.29) is 0 Å². The van der Waals surface area contributed by atoms with Gasteiger partial charge in [-0.1, -0.05) is 72.3 Å². The molecule has 0 heterocycles. The van der Waals surface area contributed by atoms with E-state index in [9.17, 15) is 0 Å². The fourth-order valence-electron chi connectivity index (χ4n) is 2.05. The van der Waals surface area contributed by atoms with Crippen LogP contribution >= 0.6 is 0 Å². The Bertz CT molecular complexity index is 610. The Morgan fingerprint density at radius 1 is 0.900 bits per heavy atom. The molecule has 0 fully saturated rings. The van der Waals surface area contributed by atoms with E-state index >= 15 is 0 Å². The van der Waals surface area contributed by atoms with Gasteiger partial charge in [-0.3, -0.25) is 0 Å². The van der Waals surface area contributed by atoms with Crippen LogP contribution in [0, 0.1) is 6.92 Å². The minimum Gasteiger partial charge on any atom is -0.0958 e. The topological polar surface area (TPSA) is 0 Å². The Labute approximate surface area is 122 Å². The van der Waals surface area contributed by atoms with Crippen LogP contribution in [0.4, 0.5) is 0 Å². The predicted octanol–water partition coefficient (Wildman–Crippen LogP) is 5.57. The van der Waals surface area contributed by atoms with Crippen molar-refractivity contribution in [2.75, 3.05) is 0 Å². The van der Waals surface area contributed by atoms with Crippen LogP contribution in [0.25, 0.3) is 6.08 Å². The monoisotopic (exact) mass is 262 g/mol. The fourth-order valence-corrected chi connectivity index (χ4v) is 2.05. The molecule has 20 heavy (non-hydrogen) atoms. The van der Waals surface area contributed by atoms with Crippen molar-refractivity contribution in [3.05, 3.63) is 88.5 Å². The van der Waals surface area contributed by atoms with Gasteiger partial charge in [0.1, 0.15) is 0 Å². The number of aryl methyl sites for hydroxylation is 1. The van der Waals surface area contributed by atoms with Crippen molar-refractivity contribution in [2.45, 2.75) is 27.2 Å². The molecule has 2 rings (SSSR count). The molecule has 0 heteroatoms. The molecule has 0 saturated heterocycles. The summed E-state index contributed by atoms with van der Waals surface area (Å²) >= 11 is 0. The third kappa shape index (κ3) is 3.96. The normalized spacial score (nSPS) is 11.4. The molecule has 0 aliphatic heterocycles. The third-order valence-electron chi connectivity index (χ3n) is 3.56. The van der Waals surface area contributed by atoms with Crippen LogP contribution in [0.5, 0.6) is 0 Å². The van der Waals surface area contributed by atoms with Crippen molar-refractivity contribution < 1.29 is 0 Å². The summed E-state index contributed by atoms with van der Waals surface area (Å²) in [5.41, 5.74) is 7.60. The highest BCUT2D eigenvalue weighted by Crippen LogP contribution is 2.15. The highest BCUT2D eigenvalue weighted by molar-refractivity contribution is 5.57. The van der Waals surface area contributed by atoms with Gasteiger partial charge < -0.3 is 0 Å². The molecule has 0 atom stereocenters. The first-order valence-corrected chi connectivity index (χ1v) is 7.03. The molecule has 0 amide bonds. The van der Waals surface area contributed by atoms with Gasteiger partial charge in [0.05, 0.1) is 0 Å². The zero-order valence-corrected chi connectivity index (χ0v) is 12.6. The van der Waals surface area contributed by atoms with E-state index in [0.717, 1.165) is 12.0 Å². The molecule has 0 bridgehead atoms. The van der Waals surface area contributed by atoms with Crippen LogP contribution in [-0.4, -0.2) is 0 Å². The summed E-state index contributed by atoms with van der Waals surface area (Å²) in [7, 11) is 0. The summed E-state index contributed by atoms with van der Waals surface area (Å²) < 4.78 is 0. The van der Waals surface area contributed by atoms with Crippen molar-refractivity contribution in [1.82, 2.24) is 0 Å². The molecular weight excluding hydrogens is 240 g/mol. The van der Waals surface area contributed by atoms with Crippen LogP contribution in [-0.2, 0) is 6.42 Å². The molecule has 0 aliphatic rings. The van der Waals surface area contributed by atoms with Gasteiger partial charge in [-0.2, -0.15) is 0 Å². The number of hydrogen-bond acceptors (Lipinski definition) is 0. The molecule has 0 nitrogen and oxygen atoms in total. The van der Waals surface area contributed by atoms with Crippen LogP contribution in [0.3, 0.4) is 0 Å². The van der Waals surface area contributed by atoms with Gasteiger partial charge in [-0.25, -0.2) is 0 Å².